The Morgan fingerprint density at radius 1 is 0.786 bits per heavy atom. The number of methoxy groups -OCH3 is 1. The SMILES string of the molecule is COc1ccc(-c2cc3[n+](c4ccccc24)CC[n+]2ccccc2-3)cc1.[Br-].[Br-]. The highest BCUT2D eigenvalue weighted by molar-refractivity contribution is 5.94. The number of ether oxygens (including phenoxy) is 1. The topological polar surface area (TPSA) is 17.0 Å². The fourth-order valence-corrected chi connectivity index (χ4v) is 3.93. The predicted molar refractivity (Wildman–Crippen MR) is 102 cm³/mol. The van der Waals surface area contributed by atoms with Gasteiger partial charge in [0.1, 0.15) is 5.75 Å². The molecule has 5 rings (SSSR count). The number of pyridine rings is 2. The number of benzene rings is 2. The monoisotopic (exact) mass is 498 g/mol. The molecule has 0 unspecified atom stereocenters. The van der Waals surface area contributed by atoms with Gasteiger partial charge in [-0.05, 0) is 29.8 Å². The van der Waals surface area contributed by atoms with Crippen LogP contribution in [0, 0.1) is 0 Å². The van der Waals surface area contributed by atoms with Gasteiger partial charge in [0.2, 0.25) is 18.6 Å². The molecule has 142 valence electrons. The predicted octanol–water partition coefficient (Wildman–Crippen LogP) is -2.22. The van der Waals surface area contributed by atoms with Crippen LogP contribution in [0.15, 0.2) is 79.0 Å². The van der Waals surface area contributed by atoms with E-state index in [0.29, 0.717) is 0 Å². The molecule has 0 bridgehead atoms. The van der Waals surface area contributed by atoms with Crippen molar-refractivity contribution in [1.82, 2.24) is 0 Å². The Morgan fingerprint density at radius 3 is 2.32 bits per heavy atom. The lowest BCUT2D eigenvalue weighted by molar-refractivity contribution is -0.783. The van der Waals surface area contributed by atoms with Crippen LogP contribution in [0.4, 0.5) is 0 Å². The highest BCUT2D eigenvalue weighted by Crippen LogP contribution is 2.32. The van der Waals surface area contributed by atoms with E-state index in [1.54, 1.807) is 7.11 Å². The van der Waals surface area contributed by atoms with Crippen LogP contribution in [0.3, 0.4) is 0 Å². The highest BCUT2D eigenvalue weighted by atomic mass is 79.9. The molecule has 0 amide bonds. The van der Waals surface area contributed by atoms with E-state index in [-0.39, 0.29) is 34.0 Å². The summed E-state index contributed by atoms with van der Waals surface area (Å²) in [5.74, 6) is 0.881. The summed E-state index contributed by atoms with van der Waals surface area (Å²) in [4.78, 5) is 0. The second-order valence-electron chi connectivity index (χ2n) is 6.62. The van der Waals surface area contributed by atoms with Crippen LogP contribution in [0.25, 0.3) is 33.4 Å². The van der Waals surface area contributed by atoms with Crippen LogP contribution < -0.4 is 47.8 Å². The van der Waals surface area contributed by atoms with Crippen LogP contribution >= 0.6 is 0 Å². The number of fused-ring (bicyclic) bond motifs is 5. The Labute approximate surface area is 185 Å². The van der Waals surface area contributed by atoms with Crippen LogP contribution in [0.2, 0.25) is 0 Å². The van der Waals surface area contributed by atoms with E-state index in [9.17, 15) is 0 Å². The largest absolute Gasteiger partial charge is 1.00 e. The summed E-state index contributed by atoms with van der Waals surface area (Å²) in [5, 5.41) is 1.28. The molecule has 0 fully saturated rings. The van der Waals surface area contributed by atoms with Crippen molar-refractivity contribution in [3.8, 4) is 28.3 Å². The van der Waals surface area contributed by atoms with E-state index in [1.807, 2.05) is 12.1 Å². The number of halogens is 2. The van der Waals surface area contributed by atoms with Gasteiger partial charge in [-0.25, -0.2) is 0 Å². The molecule has 0 saturated carbocycles. The van der Waals surface area contributed by atoms with Gasteiger partial charge in [0, 0.05) is 29.8 Å². The quantitative estimate of drug-likeness (QED) is 0.286. The Bertz CT molecular complexity index is 1130. The summed E-state index contributed by atoms with van der Waals surface area (Å²) in [7, 11) is 1.70. The molecule has 1 aliphatic heterocycles. The first-order valence-corrected chi connectivity index (χ1v) is 8.94. The van der Waals surface area contributed by atoms with Crippen molar-refractivity contribution in [3.63, 3.8) is 0 Å². The van der Waals surface area contributed by atoms with Crippen molar-refractivity contribution < 1.29 is 47.8 Å². The van der Waals surface area contributed by atoms with E-state index in [1.165, 1.54) is 33.4 Å². The fourth-order valence-electron chi connectivity index (χ4n) is 3.93. The van der Waals surface area contributed by atoms with Crippen LogP contribution in [0.5, 0.6) is 5.75 Å². The number of rotatable bonds is 2. The highest BCUT2D eigenvalue weighted by Gasteiger charge is 2.32. The molecular formula is C23H20Br2N2O. The number of nitrogens with zero attached hydrogens (tertiary/aromatic N) is 2. The standard InChI is InChI=1S/C23H20N2O.2BrH/c1-26-18-11-9-17(10-12-18)20-16-23-22-8-4-5-13-24(22)14-15-25(23)21-7-3-2-6-19(20)21;;/h2-13,16H,14-15H2,1H3;2*1H/q+2;;/p-2. The van der Waals surface area contributed by atoms with Crippen molar-refractivity contribution in [2.45, 2.75) is 13.1 Å². The first kappa shape index (κ1) is 20.5. The lowest BCUT2D eigenvalue weighted by atomic mass is 9.98. The van der Waals surface area contributed by atoms with E-state index < -0.39 is 0 Å². The molecule has 0 N–H and O–H groups in total. The van der Waals surface area contributed by atoms with Crippen LogP contribution in [-0.4, -0.2) is 7.11 Å². The molecule has 2 aromatic heterocycles. The normalized spacial score (nSPS) is 11.6. The molecule has 0 radical (unpaired) electrons. The molecule has 0 saturated heterocycles. The zero-order chi connectivity index (χ0) is 17.5. The maximum Gasteiger partial charge on any atom is 0.278 e. The number of para-hydroxylation sites is 1. The van der Waals surface area contributed by atoms with Gasteiger partial charge in [0.05, 0.1) is 12.5 Å². The van der Waals surface area contributed by atoms with Gasteiger partial charge in [0.15, 0.2) is 6.20 Å². The van der Waals surface area contributed by atoms with Gasteiger partial charge in [-0.15, -0.1) is 0 Å². The third-order valence-corrected chi connectivity index (χ3v) is 5.23. The molecule has 28 heavy (non-hydrogen) atoms. The van der Waals surface area contributed by atoms with Gasteiger partial charge in [-0.2, -0.15) is 9.13 Å². The molecule has 4 aromatic rings. The minimum Gasteiger partial charge on any atom is -1.00 e. The molecular weight excluding hydrogens is 480 g/mol. The summed E-state index contributed by atoms with van der Waals surface area (Å²) in [6, 6.07) is 25.8. The average molecular weight is 500 g/mol. The van der Waals surface area contributed by atoms with E-state index in [4.69, 9.17) is 4.74 Å². The average Bonchev–Trinajstić information content (AvgIpc) is 2.73. The lowest BCUT2D eigenvalue weighted by Gasteiger charge is -2.14. The zero-order valence-electron chi connectivity index (χ0n) is 15.5. The molecule has 0 atom stereocenters. The van der Waals surface area contributed by atoms with Crippen LogP contribution in [-0.2, 0) is 13.1 Å². The van der Waals surface area contributed by atoms with Crippen molar-refractivity contribution in [1.29, 1.82) is 0 Å². The fraction of sp³-hybridized carbons (Fsp3) is 0.130. The summed E-state index contributed by atoms with van der Waals surface area (Å²) in [6.07, 6.45) is 2.17. The Balaban J connectivity index is 0.00000112. The Morgan fingerprint density at radius 2 is 1.54 bits per heavy atom. The van der Waals surface area contributed by atoms with Gasteiger partial charge in [-0.3, -0.25) is 0 Å². The van der Waals surface area contributed by atoms with E-state index >= 15 is 0 Å². The Hall–Kier alpha value is -2.24. The summed E-state index contributed by atoms with van der Waals surface area (Å²) in [5.41, 5.74) is 6.27. The molecule has 3 nitrogen and oxygen atoms in total. The Kier molecular flexibility index (Phi) is 6.16. The molecule has 2 aromatic carbocycles. The molecule has 5 heteroatoms. The van der Waals surface area contributed by atoms with Gasteiger partial charge >= 0.3 is 0 Å². The molecule has 1 aliphatic rings. The van der Waals surface area contributed by atoms with Crippen molar-refractivity contribution in [3.05, 3.63) is 79.0 Å². The van der Waals surface area contributed by atoms with Gasteiger partial charge in [0.25, 0.3) is 11.4 Å². The maximum absolute atomic E-state index is 5.32. The number of hydrogen-bond acceptors (Lipinski definition) is 1. The van der Waals surface area contributed by atoms with Crippen LogP contribution in [0.1, 0.15) is 0 Å². The molecule has 0 spiro atoms. The summed E-state index contributed by atoms with van der Waals surface area (Å²) in [6.45, 7) is 1.99. The molecule has 0 aliphatic carbocycles. The van der Waals surface area contributed by atoms with E-state index in [2.05, 4.69) is 76.0 Å². The second kappa shape index (κ2) is 8.41. The zero-order valence-corrected chi connectivity index (χ0v) is 18.7. The smallest absolute Gasteiger partial charge is 0.278 e. The molecule has 3 heterocycles. The maximum atomic E-state index is 5.32. The van der Waals surface area contributed by atoms with Gasteiger partial charge < -0.3 is 38.7 Å². The summed E-state index contributed by atoms with van der Waals surface area (Å²) >= 11 is 0. The minimum atomic E-state index is 0. The summed E-state index contributed by atoms with van der Waals surface area (Å²) < 4.78 is 10.1. The van der Waals surface area contributed by atoms with Crippen molar-refractivity contribution in [2.75, 3.05) is 7.11 Å². The minimum absolute atomic E-state index is 0. The van der Waals surface area contributed by atoms with Crippen molar-refractivity contribution in [2.24, 2.45) is 0 Å². The number of aromatic nitrogens is 2. The number of aryl methyl sites for hydroxylation is 2. The third-order valence-electron chi connectivity index (χ3n) is 5.23. The second-order valence-corrected chi connectivity index (χ2v) is 6.62. The number of hydrogen-bond donors (Lipinski definition) is 0. The van der Waals surface area contributed by atoms with Crippen molar-refractivity contribution >= 4 is 10.9 Å². The third kappa shape index (κ3) is 3.33. The van der Waals surface area contributed by atoms with Gasteiger partial charge in [-0.1, -0.05) is 24.3 Å². The lowest BCUT2D eigenvalue weighted by Crippen LogP contribution is -3.00. The first-order chi connectivity index (χ1) is 12.8. The first-order valence-electron chi connectivity index (χ1n) is 8.94. The van der Waals surface area contributed by atoms with E-state index in [0.717, 1.165) is 18.8 Å².